The molecule has 0 amide bonds. The second kappa shape index (κ2) is 6.90. The highest BCUT2D eigenvalue weighted by atomic mass is 16.5. The van der Waals surface area contributed by atoms with Gasteiger partial charge in [0.2, 0.25) is 0 Å². The molecule has 1 rings (SSSR count). The van der Waals surface area contributed by atoms with Gasteiger partial charge in [-0.25, -0.2) is 4.98 Å². The summed E-state index contributed by atoms with van der Waals surface area (Å²) < 4.78 is 7.93. The first-order valence-corrected chi connectivity index (χ1v) is 6.92. The number of aryl methyl sites for hydroxylation is 1. The van der Waals surface area contributed by atoms with E-state index in [1.807, 2.05) is 12.4 Å². The monoisotopic (exact) mass is 253 g/mol. The van der Waals surface area contributed by atoms with E-state index in [-0.39, 0.29) is 11.6 Å². The van der Waals surface area contributed by atoms with E-state index in [2.05, 4.69) is 42.6 Å². The zero-order valence-corrected chi connectivity index (χ0v) is 12.4. The minimum absolute atomic E-state index is 0.127. The lowest BCUT2D eigenvalue weighted by Crippen LogP contribution is -2.44. The summed E-state index contributed by atoms with van der Waals surface area (Å²) in [5.74, 6) is 1.07. The van der Waals surface area contributed by atoms with Crippen molar-refractivity contribution in [2.45, 2.75) is 58.7 Å². The first-order chi connectivity index (χ1) is 8.62. The number of ether oxygens (including phenoxy) is 1. The van der Waals surface area contributed by atoms with Crippen LogP contribution in [-0.2, 0) is 11.3 Å². The van der Waals surface area contributed by atoms with Gasteiger partial charge in [-0.05, 0) is 33.2 Å². The van der Waals surface area contributed by atoms with Crippen molar-refractivity contribution in [2.75, 3.05) is 13.7 Å². The lowest BCUT2D eigenvalue weighted by atomic mass is 9.92. The van der Waals surface area contributed by atoms with Gasteiger partial charge < -0.3 is 14.6 Å². The van der Waals surface area contributed by atoms with Crippen molar-refractivity contribution < 1.29 is 4.74 Å². The van der Waals surface area contributed by atoms with Crippen LogP contribution in [0.4, 0.5) is 0 Å². The van der Waals surface area contributed by atoms with E-state index < -0.39 is 0 Å². The lowest BCUT2D eigenvalue weighted by Gasteiger charge is -2.36. The average molecular weight is 253 g/mol. The lowest BCUT2D eigenvalue weighted by molar-refractivity contribution is -0.0330. The van der Waals surface area contributed by atoms with Gasteiger partial charge in [0.15, 0.2) is 0 Å². The molecule has 1 heterocycles. The van der Waals surface area contributed by atoms with Crippen molar-refractivity contribution in [2.24, 2.45) is 0 Å². The van der Waals surface area contributed by atoms with Crippen LogP contribution in [0.15, 0.2) is 12.4 Å². The molecule has 1 aromatic heterocycles. The van der Waals surface area contributed by atoms with Crippen LogP contribution in [0.3, 0.4) is 0 Å². The molecule has 0 aliphatic carbocycles. The number of hydrogen-bond donors (Lipinski definition) is 1. The summed E-state index contributed by atoms with van der Waals surface area (Å²) in [6, 6.07) is 0.127. The quantitative estimate of drug-likeness (QED) is 0.774. The third kappa shape index (κ3) is 3.12. The van der Waals surface area contributed by atoms with Gasteiger partial charge >= 0.3 is 0 Å². The van der Waals surface area contributed by atoms with Crippen molar-refractivity contribution in [3.63, 3.8) is 0 Å². The molecule has 0 fully saturated rings. The maximum Gasteiger partial charge on any atom is 0.128 e. The van der Waals surface area contributed by atoms with Crippen LogP contribution in [0.25, 0.3) is 0 Å². The van der Waals surface area contributed by atoms with Gasteiger partial charge in [-0.15, -0.1) is 0 Å². The largest absolute Gasteiger partial charge is 0.376 e. The van der Waals surface area contributed by atoms with Gasteiger partial charge in [-0.3, -0.25) is 0 Å². The molecule has 4 heteroatoms. The molecule has 1 N–H and O–H groups in total. The van der Waals surface area contributed by atoms with Gasteiger partial charge in [-0.1, -0.05) is 13.8 Å². The number of rotatable bonds is 8. The molecule has 104 valence electrons. The number of imidazole rings is 1. The van der Waals surface area contributed by atoms with Gasteiger partial charge in [0.1, 0.15) is 5.82 Å². The summed E-state index contributed by atoms with van der Waals surface area (Å²) in [7, 11) is 1.78. The summed E-state index contributed by atoms with van der Waals surface area (Å²) in [5, 5.41) is 3.58. The zero-order valence-electron chi connectivity index (χ0n) is 12.4. The molecule has 4 nitrogen and oxygen atoms in total. The first kappa shape index (κ1) is 15.2. The summed E-state index contributed by atoms with van der Waals surface area (Å²) in [6.07, 6.45) is 5.95. The number of hydrogen-bond acceptors (Lipinski definition) is 3. The maximum absolute atomic E-state index is 5.75. The van der Waals surface area contributed by atoms with E-state index in [1.165, 1.54) is 0 Å². The Morgan fingerprint density at radius 1 is 1.44 bits per heavy atom. The van der Waals surface area contributed by atoms with E-state index in [1.54, 1.807) is 7.11 Å². The van der Waals surface area contributed by atoms with Crippen LogP contribution in [0.1, 0.15) is 52.4 Å². The van der Waals surface area contributed by atoms with Crippen LogP contribution >= 0.6 is 0 Å². The molecular formula is C14H27N3O. The molecule has 0 radical (unpaired) electrons. The summed E-state index contributed by atoms with van der Waals surface area (Å²) in [5.41, 5.74) is -0.229. The van der Waals surface area contributed by atoms with E-state index in [0.717, 1.165) is 31.8 Å². The Morgan fingerprint density at radius 2 is 2.17 bits per heavy atom. The number of methoxy groups -OCH3 is 1. The molecule has 0 aromatic carbocycles. The molecule has 1 aromatic rings. The fourth-order valence-electron chi connectivity index (χ4n) is 2.18. The Kier molecular flexibility index (Phi) is 5.82. The average Bonchev–Trinajstić information content (AvgIpc) is 2.87. The second-order valence-corrected chi connectivity index (χ2v) is 4.83. The first-order valence-electron chi connectivity index (χ1n) is 6.92. The van der Waals surface area contributed by atoms with Crippen molar-refractivity contribution >= 4 is 0 Å². The van der Waals surface area contributed by atoms with Gasteiger partial charge in [0.25, 0.3) is 0 Å². The number of aromatic nitrogens is 2. The summed E-state index contributed by atoms with van der Waals surface area (Å²) in [6.45, 7) is 10.5. The predicted molar refractivity (Wildman–Crippen MR) is 74.6 cm³/mol. The van der Waals surface area contributed by atoms with Crippen molar-refractivity contribution in [1.82, 2.24) is 14.9 Å². The summed E-state index contributed by atoms with van der Waals surface area (Å²) in [4.78, 5) is 4.52. The van der Waals surface area contributed by atoms with E-state index in [4.69, 9.17) is 4.74 Å². The molecule has 0 aliphatic rings. The Balaban J connectivity index is 3.04. The van der Waals surface area contributed by atoms with Crippen LogP contribution in [0.2, 0.25) is 0 Å². The fraction of sp³-hybridized carbons (Fsp3) is 0.786. The highest BCUT2D eigenvalue weighted by Crippen LogP contribution is 2.30. The van der Waals surface area contributed by atoms with E-state index in [0.29, 0.717) is 0 Å². The minimum Gasteiger partial charge on any atom is -0.376 e. The Hall–Kier alpha value is -0.870. The zero-order chi connectivity index (χ0) is 13.6. The molecule has 0 bridgehead atoms. The minimum atomic E-state index is -0.229. The normalized spacial score (nSPS) is 16.5. The van der Waals surface area contributed by atoms with Gasteiger partial charge in [-0.2, -0.15) is 0 Å². The molecule has 0 saturated heterocycles. The maximum atomic E-state index is 5.75. The predicted octanol–water partition coefficient (Wildman–Crippen LogP) is 2.76. The highest BCUT2D eigenvalue weighted by Gasteiger charge is 2.36. The molecule has 2 unspecified atom stereocenters. The summed E-state index contributed by atoms with van der Waals surface area (Å²) >= 11 is 0. The topological polar surface area (TPSA) is 39.1 Å². The van der Waals surface area contributed by atoms with Crippen LogP contribution in [0.5, 0.6) is 0 Å². The molecule has 18 heavy (non-hydrogen) atoms. The Bertz CT molecular complexity index is 345. The van der Waals surface area contributed by atoms with E-state index >= 15 is 0 Å². The third-order valence-electron chi connectivity index (χ3n) is 3.72. The van der Waals surface area contributed by atoms with Gasteiger partial charge in [0, 0.05) is 26.0 Å². The van der Waals surface area contributed by atoms with Crippen LogP contribution < -0.4 is 5.32 Å². The van der Waals surface area contributed by atoms with Crippen molar-refractivity contribution in [3.05, 3.63) is 18.2 Å². The highest BCUT2D eigenvalue weighted by molar-refractivity contribution is 5.06. The van der Waals surface area contributed by atoms with Crippen molar-refractivity contribution in [3.8, 4) is 0 Å². The smallest absolute Gasteiger partial charge is 0.128 e. The van der Waals surface area contributed by atoms with Gasteiger partial charge in [0.05, 0.1) is 11.6 Å². The Labute approximate surface area is 111 Å². The molecule has 0 saturated carbocycles. The second-order valence-electron chi connectivity index (χ2n) is 4.83. The SMILES string of the molecule is CCCNC(c1nccn1CC)C(C)(CC)OC. The van der Waals surface area contributed by atoms with Crippen LogP contribution in [-0.4, -0.2) is 28.8 Å². The standard InChI is InChI=1S/C14H27N3O/c1-6-9-15-12(14(4,7-2)18-5)13-16-10-11-17(13)8-3/h10-12,15H,6-9H2,1-5H3. The molecular weight excluding hydrogens is 226 g/mol. The number of nitrogens with one attached hydrogen (secondary N) is 1. The number of nitrogens with zero attached hydrogens (tertiary/aromatic N) is 2. The molecule has 0 aliphatic heterocycles. The van der Waals surface area contributed by atoms with Crippen LogP contribution in [0, 0.1) is 0 Å². The van der Waals surface area contributed by atoms with Crippen molar-refractivity contribution in [1.29, 1.82) is 0 Å². The molecule has 0 spiro atoms. The fourth-order valence-corrected chi connectivity index (χ4v) is 2.18. The third-order valence-corrected chi connectivity index (χ3v) is 3.72. The van der Waals surface area contributed by atoms with E-state index in [9.17, 15) is 0 Å². The Morgan fingerprint density at radius 3 is 2.67 bits per heavy atom. The molecule has 2 atom stereocenters.